The van der Waals surface area contributed by atoms with Crippen LogP contribution in [-0.4, -0.2) is 37.6 Å². The molecule has 3 nitrogen and oxygen atoms in total. The van der Waals surface area contributed by atoms with Crippen LogP contribution in [0.25, 0.3) is 0 Å². The third-order valence-corrected chi connectivity index (χ3v) is 4.20. The third kappa shape index (κ3) is 5.89. The molecule has 0 bridgehead atoms. The Morgan fingerprint density at radius 2 is 1.81 bits per heavy atom. The van der Waals surface area contributed by atoms with E-state index in [1.54, 1.807) is 0 Å². The number of carbonyl (C=O) groups excluding carboxylic acids is 1. The van der Waals surface area contributed by atoms with E-state index >= 15 is 0 Å². The Hall–Kier alpha value is -0.710. The maximum absolute atomic E-state index is 13.9. The van der Waals surface area contributed by atoms with Crippen molar-refractivity contribution in [2.75, 3.05) is 7.11 Å². The molecule has 0 aliphatic heterocycles. The Labute approximate surface area is 126 Å². The van der Waals surface area contributed by atoms with Gasteiger partial charge in [-0.25, -0.2) is 8.78 Å². The second kappa shape index (κ2) is 9.34. The highest BCUT2D eigenvalue weighted by Crippen LogP contribution is 2.29. The number of carbonyl (C=O) groups is 1. The number of ether oxygens (including phenoxy) is 2. The summed E-state index contributed by atoms with van der Waals surface area (Å²) in [6.07, 6.45) is -0.242. The lowest BCUT2D eigenvalue weighted by molar-refractivity contribution is -0.162. The predicted octanol–water partition coefficient (Wildman–Crippen LogP) is 3.99. The molecule has 0 heterocycles. The van der Waals surface area contributed by atoms with Crippen LogP contribution < -0.4 is 0 Å². The minimum Gasteiger partial charge on any atom is -0.459 e. The fourth-order valence-electron chi connectivity index (χ4n) is 2.89. The highest BCUT2D eigenvalue weighted by Gasteiger charge is 2.42. The van der Waals surface area contributed by atoms with Crippen molar-refractivity contribution in [2.24, 2.45) is 5.92 Å². The quantitative estimate of drug-likeness (QED) is 0.636. The second-order valence-corrected chi connectivity index (χ2v) is 6.05. The maximum atomic E-state index is 13.9. The first kappa shape index (κ1) is 18.3. The first-order valence-electron chi connectivity index (χ1n) is 8.00. The number of hydrogen-bond acceptors (Lipinski definition) is 3. The Bertz CT molecular complexity index is 312. The van der Waals surface area contributed by atoms with Gasteiger partial charge in [0.25, 0.3) is 0 Å². The lowest BCUT2D eigenvalue weighted by Gasteiger charge is -2.33. The molecule has 0 saturated heterocycles. The van der Waals surface area contributed by atoms with Gasteiger partial charge >= 0.3 is 5.97 Å². The highest BCUT2D eigenvalue weighted by atomic mass is 19.2. The van der Waals surface area contributed by atoms with E-state index in [9.17, 15) is 13.6 Å². The Balaban J connectivity index is 2.28. The van der Waals surface area contributed by atoms with E-state index in [-0.39, 0.29) is 6.42 Å². The first-order chi connectivity index (χ1) is 9.99. The van der Waals surface area contributed by atoms with Crippen molar-refractivity contribution in [3.63, 3.8) is 0 Å². The molecule has 0 spiro atoms. The molecule has 0 aromatic carbocycles. The molecule has 1 saturated carbocycles. The molecule has 1 rings (SSSR count). The topological polar surface area (TPSA) is 35.5 Å². The molecule has 0 amide bonds. The van der Waals surface area contributed by atoms with Gasteiger partial charge in [-0.15, -0.1) is 0 Å². The molecular formula is C16H28F2O3. The Morgan fingerprint density at radius 1 is 1.19 bits per heavy atom. The smallest absolute Gasteiger partial charge is 0.306 e. The number of halogens is 2. The van der Waals surface area contributed by atoms with Crippen LogP contribution in [0.15, 0.2) is 0 Å². The number of hydrogen-bond donors (Lipinski definition) is 0. The second-order valence-electron chi connectivity index (χ2n) is 6.05. The summed E-state index contributed by atoms with van der Waals surface area (Å²) in [7, 11) is 1.37. The minimum atomic E-state index is -1.79. The molecule has 0 N–H and O–H groups in total. The predicted molar refractivity (Wildman–Crippen MR) is 77.6 cm³/mol. The van der Waals surface area contributed by atoms with Crippen LogP contribution in [0.3, 0.4) is 0 Å². The molecule has 0 aromatic rings. The van der Waals surface area contributed by atoms with Gasteiger partial charge in [-0.1, -0.05) is 33.1 Å². The van der Waals surface area contributed by atoms with Gasteiger partial charge < -0.3 is 9.47 Å². The monoisotopic (exact) mass is 306 g/mol. The molecule has 1 fully saturated rings. The third-order valence-electron chi connectivity index (χ3n) is 4.20. The van der Waals surface area contributed by atoms with Gasteiger partial charge in [0.15, 0.2) is 12.3 Å². The van der Waals surface area contributed by atoms with Crippen LogP contribution in [0.4, 0.5) is 8.78 Å². The largest absolute Gasteiger partial charge is 0.459 e. The summed E-state index contributed by atoms with van der Waals surface area (Å²) in [5.74, 6) is 0.165. The van der Waals surface area contributed by atoms with Crippen LogP contribution in [0.1, 0.15) is 58.8 Å². The van der Waals surface area contributed by atoms with Gasteiger partial charge in [-0.3, -0.25) is 4.79 Å². The fraction of sp³-hybridized carbons (Fsp3) is 0.938. The average Bonchev–Trinajstić information content (AvgIpc) is 2.44. The van der Waals surface area contributed by atoms with E-state index in [0.29, 0.717) is 18.8 Å². The minimum absolute atomic E-state index is 0.280. The standard InChI is InChI=1S/C16H28F2O3/c1-4-6-11(2)7-5-8-14(19)21-13-10-9-12(20-3)15(17)16(13)18/h11-13,15-16H,4-10H2,1-3H3. The number of methoxy groups -OCH3 is 1. The van der Waals surface area contributed by atoms with E-state index in [4.69, 9.17) is 9.47 Å². The summed E-state index contributed by atoms with van der Waals surface area (Å²) in [5, 5.41) is 0. The van der Waals surface area contributed by atoms with Crippen LogP contribution in [-0.2, 0) is 14.3 Å². The fourth-order valence-corrected chi connectivity index (χ4v) is 2.89. The van der Waals surface area contributed by atoms with E-state index < -0.39 is 30.5 Å². The van der Waals surface area contributed by atoms with E-state index in [1.807, 2.05) is 0 Å². The molecule has 0 aromatic heterocycles. The van der Waals surface area contributed by atoms with Crippen LogP contribution in [0, 0.1) is 5.92 Å². The van der Waals surface area contributed by atoms with Gasteiger partial charge in [-0.05, 0) is 25.2 Å². The molecule has 5 unspecified atom stereocenters. The Morgan fingerprint density at radius 3 is 2.43 bits per heavy atom. The van der Waals surface area contributed by atoms with E-state index in [1.165, 1.54) is 7.11 Å². The average molecular weight is 306 g/mol. The summed E-state index contributed by atoms with van der Waals surface area (Å²) in [5.41, 5.74) is 0. The van der Waals surface area contributed by atoms with Crippen molar-refractivity contribution in [3.8, 4) is 0 Å². The summed E-state index contributed by atoms with van der Waals surface area (Å²) in [4.78, 5) is 11.7. The molecule has 21 heavy (non-hydrogen) atoms. The van der Waals surface area contributed by atoms with Gasteiger partial charge in [-0.2, -0.15) is 0 Å². The number of alkyl halides is 2. The van der Waals surface area contributed by atoms with Gasteiger partial charge in [0.1, 0.15) is 6.10 Å². The van der Waals surface area contributed by atoms with Gasteiger partial charge in [0.2, 0.25) is 0 Å². The summed E-state index contributed by atoms with van der Waals surface area (Å²) < 4.78 is 37.5. The van der Waals surface area contributed by atoms with E-state index in [0.717, 1.165) is 25.7 Å². The molecule has 0 radical (unpaired) electrons. The molecule has 5 atom stereocenters. The van der Waals surface area contributed by atoms with Gasteiger partial charge in [0, 0.05) is 13.5 Å². The summed E-state index contributed by atoms with van der Waals surface area (Å²) >= 11 is 0. The summed E-state index contributed by atoms with van der Waals surface area (Å²) in [6.45, 7) is 4.29. The maximum Gasteiger partial charge on any atom is 0.306 e. The van der Waals surface area contributed by atoms with Crippen molar-refractivity contribution in [1.29, 1.82) is 0 Å². The normalized spacial score (nSPS) is 30.9. The first-order valence-corrected chi connectivity index (χ1v) is 8.00. The van der Waals surface area contributed by atoms with E-state index in [2.05, 4.69) is 13.8 Å². The lowest BCUT2D eigenvalue weighted by atomic mass is 9.91. The zero-order valence-corrected chi connectivity index (χ0v) is 13.3. The highest BCUT2D eigenvalue weighted by molar-refractivity contribution is 5.69. The van der Waals surface area contributed by atoms with Gasteiger partial charge in [0.05, 0.1) is 6.10 Å². The summed E-state index contributed by atoms with van der Waals surface area (Å²) in [6, 6.07) is 0. The van der Waals surface area contributed by atoms with Crippen molar-refractivity contribution >= 4 is 5.97 Å². The molecule has 124 valence electrons. The zero-order valence-electron chi connectivity index (χ0n) is 13.3. The molecular weight excluding hydrogens is 278 g/mol. The number of rotatable bonds is 8. The SMILES string of the molecule is CCCC(C)CCCC(=O)OC1CCC(OC)C(F)C1F. The Kier molecular flexibility index (Phi) is 8.15. The van der Waals surface area contributed by atoms with Crippen molar-refractivity contribution in [2.45, 2.75) is 83.3 Å². The van der Waals surface area contributed by atoms with Crippen LogP contribution >= 0.6 is 0 Å². The molecule has 5 heteroatoms. The van der Waals surface area contributed by atoms with Crippen LogP contribution in [0.2, 0.25) is 0 Å². The number of esters is 1. The van der Waals surface area contributed by atoms with Crippen molar-refractivity contribution < 1.29 is 23.0 Å². The zero-order chi connectivity index (χ0) is 15.8. The van der Waals surface area contributed by atoms with Crippen molar-refractivity contribution in [1.82, 2.24) is 0 Å². The van der Waals surface area contributed by atoms with Crippen LogP contribution in [0.5, 0.6) is 0 Å². The lowest BCUT2D eigenvalue weighted by Crippen LogP contribution is -2.46. The van der Waals surface area contributed by atoms with Crippen molar-refractivity contribution in [3.05, 3.63) is 0 Å². The molecule has 1 aliphatic rings. The molecule has 1 aliphatic carbocycles.